The molecular weight excluding hydrogens is 154 g/mol. The minimum atomic E-state index is 0.0651. The maximum atomic E-state index is 11.2. The lowest BCUT2D eigenvalue weighted by Crippen LogP contribution is -2.29. The Hall–Kier alpha value is -0.770. The summed E-state index contributed by atoms with van der Waals surface area (Å²) in [5.74, 6) is 0. The number of urea groups is 1. The molecule has 1 atom stereocenters. The zero-order valence-electron chi connectivity index (χ0n) is 7.55. The number of hydrogen-bond donors (Lipinski definition) is 2. The normalized spacial score (nSPS) is 23.0. The molecule has 0 spiro atoms. The molecule has 70 valence electrons. The molecule has 1 aliphatic rings. The van der Waals surface area contributed by atoms with E-state index in [4.69, 9.17) is 5.73 Å². The van der Waals surface area contributed by atoms with Crippen molar-refractivity contribution in [3.05, 3.63) is 0 Å². The standard InChI is InChI=1S/C8H17N3O/c1-2-5-11-6-7(3-4-9)10-8(11)12/h7H,2-6,9H2,1H3,(H,10,12). The number of amides is 2. The van der Waals surface area contributed by atoms with Gasteiger partial charge in [0.25, 0.3) is 0 Å². The lowest BCUT2D eigenvalue weighted by atomic mass is 10.2. The van der Waals surface area contributed by atoms with E-state index >= 15 is 0 Å². The van der Waals surface area contributed by atoms with Gasteiger partial charge in [0.05, 0.1) is 0 Å². The largest absolute Gasteiger partial charge is 0.333 e. The van der Waals surface area contributed by atoms with Gasteiger partial charge in [0.1, 0.15) is 0 Å². The first-order chi connectivity index (χ1) is 5.77. The molecule has 4 nitrogen and oxygen atoms in total. The van der Waals surface area contributed by atoms with Crippen molar-refractivity contribution in [3.8, 4) is 0 Å². The lowest BCUT2D eigenvalue weighted by molar-refractivity contribution is 0.217. The number of rotatable bonds is 4. The molecule has 0 aromatic heterocycles. The fourth-order valence-corrected chi connectivity index (χ4v) is 1.49. The molecule has 0 bridgehead atoms. The molecule has 0 aliphatic carbocycles. The average molecular weight is 171 g/mol. The topological polar surface area (TPSA) is 58.4 Å². The van der Waals surface area contributed by atoms with Gasteiger partial charge in [-0.05, 0) is 19.4 Å². The van der Waals surface area contributed by atoms with Crippen LogP contribution in [0.2, 0.25) is 0 Å². The molecule has 0 radical (unpaired) electrons. The second kappa shape index (κ2) is 4.30. The first kappa shape index (κ1) is 9.32. The van der Waals surface area contributed by atoms with Gasteiger partial charge in [-0.2, -0.15) is 0 Å². The summed E-state index contributed by atoms with van der Waals surface area (Å²) in [7, 11) is 0. The van der Waals surface area contributed by atoms with E-state index in [1.807, 2.05) is 4.90 Å². The van der Waals surface area contributed by atoms with E-state index in [1.165, 1.54) is 0 Å². The summed E-state index contributed by atoms with van der Waals surface area (Å²) in [4.78, 5) is 13.1. The Morgan fingerprint density at radius 1 is 1.75 bits per heavy atom. The van der Waals surface area contributed by atoms with E-state index in [9.17, 15) is 4.79 Å². The van der Waals surface area contributed by atoms with Crippen molar-refractivity contribution < 1.29 is 4.79 Å². The highest BCUT2D eigenvalue weighted by Gasteiger charge is 2.26. The number of hydrogen-bond acceptors (Lipinski definition) is 2. The third-order valence-corrected chi connectivity index (χ3v) is 2.06. The summed E-state index contributed by atoms with van der Waals surface area (Å²) in [6, 6.07) is 0.337. The van der Waals surface area contributed by atoms with Crippen LogP contribution >= 0.6 is 0 Å². The van der Waals surface area contributed by atoms with Gasteiger partial charge >= 0.3 is 6.03 Å². The number of carbonyl (C=O) groups is 1. The van der Waals surface area contributed by atoms with Gasteiger partial charge in [-0.3, -0.25) is 0 Å². The Morgan fingerprint density at radius 3 is 3.08 bits per heavy atom. The van der Waals surface area contributed by atoms with Crippen molar-refractivity contribution in [1.29, 1.82) is 0 Å². The van der Waals surface area contributed by atoms with Crippen LogP contribution in [0.25, 0.3) is 0 Å². The van der Waals surface area contributed by atoms with Crippen LogP contribution in [0.4, 0.5) is 4.79 Å². The number of carbonyl (C=O) groups excluding carboxylic acids is 1. The minimum absolute atomic E-state index is 0.0651. The first-order valence-corrected chi connectivity index (χ1v) is 4.53. The highest BCUT2D eigenvalue weighted by atomic mass is 16.2. The second-order valence-electron chi connectivity index (χ2n) is 3.17. The summed E-state index contributed by atoms with van der Waals surface area (Å²) in [6.07, 6.45) is 1.90. The molecule has 4 heteroatoms. The Labute approximate surface area is 73.1 Å². The van der Waals surface area contributed by atoms with E-state index < -0.39 is 0 Å². The Morgan fingerprint density at radius 2 is 2.50 bits per heavy atom. The van der Waals surface area contributed by atoms with E-state index in [1.54, 1.807) is 0 Å². The highest BCUT2D eigenvalue weighted by molar-refractivity contribution is 5.76. The van der Waals surface area contributed by atoms with Crippen LogP contribution in [0.5, 0.6) is 0 Å². The molecule has 1 fully saturated rings. The van der Waals surface area contributed by atoms with Crippen LogP contribution in [0.15, 0.2) is 0 Å². The fourth-order valence-electron chi connectivity index (χ4n) is 1.49. The maximum absolute atomic E-state index is 11.2. The van der Waals surface area contributed by atoms with Crippen LogP contribution in [0, 0.1) is 0 Å². The molecule has 1 unspecified atom stereocenters. The zero-order valence-corrected chi connectivity index (χ0v) is 7.55. The van der Waals surface area contributed by atoms with Gasteiger partial charge in [0, 0.05) is 19.1 Å². The molecule has 0 aromatic rings. The highest BCUT2D eigenvalue weighted by Crippen LogP contribution is 2.06. The molecule has 1 aliphatic heterocycles. The molecule has 3 N–H and O–H groups in total. The van der Waals surface area contributed by atoms with E-state index in [0.29, 0.717) is 6.54 Å². The quantitative estimate of drug-likeness (QED) is 0.632. The van der Waals surface area contributed by atoms with Crippen molar-refractivity contribution in [2.45, 2.75) is 25.8 Å². The average Bonchev–Trinajstić information content (AvgIpc) is 2.34. The van der Waals surface area contributed by atoms with Crippen molar-refractivity contribution in [2.24, 2.45) is 5.73 Å². The fraction of sp³-hybridized carbons (Fsp3) is 0.875. The summed E-state index contributed by atoms with van der Waals surface area (Å²) < 4.78 is 0. The van der Waals surface area contributed by atoms with E-state index in [0.717, 1.165) is 25.9 Å². The monoisotopic (exact) mass is 171 g/mol. The van der Waals surface area contributed by atoms with Crippen LogP contribution < -0.4 is 11.1 Å². The number of nitrogens with one attached hydrogen (secondary N) is 1. The number of nitrogens with zero attached hydrogens (tertiary/aromatic N) is 1. The third kappa shape index (κ3) is 2.11. The van der Waals surface area contributed by atoms with Gasteiger partial charge in [0.15, 0.2) is 0 Å². The van der Waals surface area contributed by atoms with Crippen LogP contribution in [-0.4, -0.2) is 36.6 Å². The van der Waals surface area contributed by atoms with Gasteiger partial charge in [-0.1, -0.05) is 6.92 Å². The van der Waals surface area contributed by atoms with Crippen molar-refractivity contribution in [3.63, 3.8) is 0 Å². The Balaban J connectivity index is 2.34. The van der Waals surface area contributed by atoms with Crippen LogP contribution in [0.1, 0.15) is 19.8 Å². The molecular formula is C8H17N3O. The molecule has 12 heavy (non-hydrogen) atoms. The molecule has 2 amide bonds. The van der Waals surface area contributed by atoms with Gasteiger partial charge in [0.2, 0.25) is 0 Å². The Bertz CT molecular complexity index is 160. The minimum Gasteiger partial charge on any atom is -0.333 e. The molecule has 0 aromatic carbocycles. The van der Waals surface area contributed by atoms with Crippen LogP contribution in [-0.2, 0) is 0 Å². The maximum Gasteiger partial charge on any atom is 0.317 e. The lowest BCUT2D eigenvalue weighted by Gasteiger charge is -2.12. The van der Waals surface area contributed by atoms with Crippen molar-refractivity contribution >= 4 is 6.03 Å². The van der Waals surface area contributed by atoms with Gasteiger partial charge in [-0.25, -0.2) is 4.79 Å². The number of nitrogens with two attached hydrogens (primary N) is 1. The van der Waals surface area contributed by atoms with Crippen LogP contribution in [0.3, 0.4) is 0 Å². The summed E-state index contributed by atoms with van der Waals surface area (Å²) in [5, 5.41) is 2.90. The second-order valence-corrected chi connectivity index (χ2v) is 3.17. The summed E-state index contributed by atoms with van der Waals surface area (Å²) in [6.45, 7) is 4.39. The molecule has 0 saturated carbocycles. The molecule has 1 saturated heterocycles. The predicted molar refractivity (Wildman–Crippen MR) is 47.9 cm³/mol. The van der Waals surface area contributed by atoms with E-state index in [-0.39, 0.29) is 12.1 Å². The molecule has 1 rings (SSSR count). The predicted octanol–water partition coefficient (Wildman–Crippen LogP) is 0.139. The SMILES string of the molecule is CCCN1CC(CCN)NC1=O. The Kier molecular flexibility index (Phi) is 3.34. The first-order valence-electron chi connectivity index (χ1n) is 4.53. The van der Waals surface area contributed by atoms with E-state index in [2.05, 4.69) is 12.2 Å². The van der Waals surface area contributed by atoms with Gasteiger partial charge < -0.3 is 16.0 Å². The smallest absolute Gasteiger partial charge is 0.317 e. The van der Waals surface area contributed by atoms with Crippen molar-refractivity contribution in [1.82, 2.24) is 10.2 Å². The van der Waals surface area contributed by atoms with Crippen molar-refractivity contribution in [2.75, 3.05) is 19.6 Å². The summed E-state index contributed by atoms with van der Waals surface area (Å²) >= 11 is 0. The zero-order chi connectivity index (χ0) is 8.97. The third-order valence-electron chi connectivity index (χ3n) is 2.06. The van der Waals surface area contributed by atoms with Gasteiger partial charge in [-0.15, -0.1) is 0 Å². The summed E-state index contributed by atoms with van der Waals surface area (Å²) in [5.41, 5.74) is 5.40. The molecule has 1 heterocycles.